The van der Waals surface area contributed by atoms with Gasteiger partial charge in [0.15, 0.2) is 11.5 Å². The first-order chi connectivity index (χ1) is 23.0. The van der Waals surface area contributed by atoms with Gasteiger partial charge < -0.3 is 19.5 Å². The Morgan fingerprint density at radius 2 is 1.32 bits per heavy atom. The molecule has 0 fully saturated rings. The maximum absolute atomic E-state index is 13.4. The number of benzene rings is 4. The molecule has 7 aromatic rings. The van der Waals surface area contributed by atoms with Gasteiger partial charge in [0, 0.05) is 34.2 Å². The lowest BCUT2D eigenvalue weighted by Crippen LogP contribution is -2.13. The lowest BCUT2D eigenvalue weighted by atomic mass is 10.1. The molecule has 4 aromatic carbocycles. The Kier molecular flexibility index (Phi) is 7.81. The van der Waals surface area contributed by atoms with E-state index in [1.165, 1.54) is 21.3 Å². The number of ether oxygens (including phenoxy) is 3. The number of carbonyl (C=O) groups excluding carboxylic acids is 1. The number of rotatable bonds is 9. The van der Waals surface area contributed by atoms with Gasteiger partial charge in [-0.25, -0.2) is 14.6 Å². The predicted molar refractivity (Wildman–Crippen MR) is 183 cm³/mol. The van der Waals surface area contributed by atoms with Crippen molar-refractivity contribution in [2.45, 2.75) is 0 Å². The van der Waals surface area contributed by atoms with E-state index in [1.807, 2.05) is 96.0 Å². The molecule has 0 aliphatic rings. The van der Waals surface area contributed by atoms with Gasteiger partial charge in [0.05, 0.1) is 56.1 Å². The maximum atomic E-state index is 13.4. The van der Waals surface area contributed by atoms with Crippen molar-refractivity contribution in [2.75, 3.05) is 31.5 Å². The number of carbonyl (C=O) groups is 1. The number of hydrogen-bond acceptors (Lipinski definition) is 8. The largest absolute Gasteiger partial charge is 0.493 e. The van der Waals surface area contributed by atoms with Crippen molar-refractivity contribution in [3.63, 3.8) is 0 Å². The third-order valence-electron chi connectivity index (χ3n) is 7.75. The summed E-state index contributed by atoms with van der Waals surface area (Å²) in [6.07, 6.45) is 3.65. The molecule has 0 aliphatic carbocycles. The molecule has 0 saturated carbocycles. The summed E-state index contributed by atoms with van der Waals surface area (Å²) in [7, 11) is 4.58. The Hall–Kier alpha value is -6.42. The summed E-state index contributed by atoms with van der Waals surface area (Å²) in [5.41, 5.74) is 4.13. The number of hydrogen-bond donors (Lipinski definition) is 1. The van der Waals surface area contributed by atoms with E-state index in [4.69, 9.17) is 24.2 Å². The highest BCUT2D eigenvalue weighted by molar-refractivity contribution is 6.05. The summed E-state index contributed by atoms with van der Waals surface area (Å²) in [6, 6.07) is 34.6. The Labute approximate surface area is 270 Å². The van der Waals surface area contributed by atoms with Crippen molar-refractivity contribution in [3.05, 3.63) is 127 Å². The van der Waals surface area contributed by atoms with E-state index < -0.39 is 0 Å². The molecule has 0 unspecified atom stereocenters. The number of para-hydroxylation sites is 2. The fraction of sp³-hybridized carbons (Fsp3) is 0.0811. The first kappa shape index (κ1) is 29.3. The van der Waals surface area contributed by atoms with Gasteiger partial charge in [0.1, 0.15) is 11.6 Å². The zero-order chi connectivity index (χ0) is 32.3. The van der Waals surface area contributed by atoms with Crippen LogP contribution >= 0.6 is 0 Å². The predicted octanol–water partition coefficient (Wildman–Crippen LogP) is 7.72. The highest BCUT2D eigenvalue weighted by Gasteiger charge is 2.19. The van der Waals surface area contributed by atoms with E-state index in [-0.39, 0.29) is 5.91 Å². The molecule has 0 bridgehead atoms. The topological polar surface area (TPSA) is 104 Å². The van der Waals surface area contributed by atoms with Gasteiger partial charge in [-0.1, -0.05) is 42.5 Å². The molecular formula is C37H30N6O4. The molecule has 0 radical (unpaired) electrons. The van der Waals surface area contributed by atoms with Crippen LogP contribution in [-0.4, -0.2) is 47.0 Å². The summed E-state index contributed by atoms with van der Waals surface area (Å²) in [5.74, 6) is 2.40. The Morgan fingerprint density at radius 3 is 1.91 bits per heavy atom. The van der Waals surface area contributed by atoms with Crippen molar-refractivity contribution in [3.8, 4) is 22.9 Å². The molecule has 1 N–H and O–H groups in total. The van der Waals surface area contributed by atoms with Gasteiger partial charge in [-0.05, 0) is 54.6 Å². The van der Waals surface area contributed by atoms with Crippen LogP contribution in [0.25, 0.3) is 27.5 Å². The summed E-state index contributed by atoms with van der Waals surface area (Å²) >= 11 is 0. The van der Waals surface area contributed by atoms with Crippen LogP contribution < -0.4 is 24.4 Å². The molecule has 7 rings (SSSR count). The molecule has 10 nitrogen and oxygen atoms in total. The number of nitrogens with zero attached hydrogens (tertiary/aromatic N) is 5. The fourth-order valence-corrected chi connectivity index (χ4v) is 5.46. The second kappa shape index (κ2) is 12.5. The van der Waals surface area contributed by atoms with E-state index in [1.54, 1.807) is 35.1 Å². The minimum Gasteiger partial charge on any atom is -0.493 e. The van der Waals surface area contributed by atoms with Gasteiger partial charge in [-0.3, -0.25) is 9.69 Å². The molecule has 3 aromatic heterocycles. The second-order valence-electron chi connectivity index (χ2n) is 10.6. The third kappa shape index (κ3) is 5.75. The van der Waals surface area contributed by atoms with Crippen molar-refractivity contribution in [1.82, 2.24) is 19.7 Å². The van der Waals surface area contributed by atoms with Crippen LogP contribution in [-0.2, 0) is 0 Å². The molecule has 10 heteroatoms. The van der Waals surface area contributed by atoms with E-state index in [0.717, 1.165) is 27.5 Å². The summed E-state index contributed by atoms with van der Waals surface area (Å²) in [5, 5.41) is 9.68. The van der Waals surface area contributed by atoms with Crippen LogP contribution in [0.15, 0.2) is 122 Å². The number of fused-ring (bicyclic) bond motifs is 2. The summed E-state index contributed by atoms with van der Waals surface area (Å²) in [4.78, 5) is 25.3. The minimum absolute atomic E-state index is 0.309. The first-order valence-electron chi connectivity index (χ1n) is 14.8. The fourth-order valence-electron chi connectivity index (χ4n) is 5.46. The van der Waals surface area contributed by atoms with Crippen LogP contribution in [0.3, 0.4) is 0 Å². The lowest BCUT2D eigenvalue weighted by Gasteiger charge is -2.22. The first-order valence-corrected chi connectivity index (χ1v) is 14.8. The van der Waals surface area contributed by atoms with E-state index in [0.29, 0.717) is 45.8 Å². The molecule has 0 atom stereocenters. The van der Waals surface area contributed by atoms with Crippen molar-refractivity contribution < 1.29 is 19.0 Å². The number of pyridine rings is 2. The van der Waals surface area contributed by atoms with Crippen LogP contribution in [0.5, 0.6) is 17.2 Å². The van der Waals surface area contributed by atoms with Crippen LogP contribution in [0.1, 0.15) is 10.4 Å². The van der Waals surface area contributed by atoms with Gasteiger partial charge in [0.2, 0.25) is 5.75 Å². The van der Waals surface area contributed by atoms with Crippen LogP contribution in [0, 0.1) is 0 Å². The third-order valence-corrected chi connectivity index (χ3v) is 7.75. The Bertz CT molecular complexity index is 2140. The number of methoxy groups -OCH3 is 3. The molecular weight excluding hydrogens is 592 g/mol. The molecule has 0 saturated heterocycles. The summed E-state index contributed by atoms with van der Waals surface area (Å²) < 4.78 is 18.0. The Balaban J connectivity index is 1.23. The standard InChI is InChI=1S/C37H30N6O4/c1-45-32-20-27(21-33(46-2)36(32)47-3)39-37(44)26-11-8-12-28(19-26)42-23-29(22-38-42)43(34-17-15-24-9-4-6-13-30(24)40-34)35-18-16-25-10-5-7-14-31(25)41-35/h4-23H,1-3H3,(H,39,44). The lowest BCUT2D eigenvalue weighted by molar-refractivity contribution is 0.102. The molecule has 1 amide bonds. The monoisotopic (exact) mass is 622 g/mol. The van der Waals surface area contributed by atoms with Crippen molar-refractivity contribution in [2.24, 2.45) is 0 Å². The molecule has 232 valence electrons. The van der Waals surface area contributed by atoms with E-state index in [2.05, 4.69) is 10.4 Å². The normalized spacial score (nSPS) is 11.0. The molecule has 47 heavy (non-hydrogen) atoms. The van der Waals surface area contributed by atoms with Gasteiger partial charge >= 0.3 is 0 Å². The number of amides is 1. The van der Waals surface area contributed by atoms with E-state index >= 15 is 0 Å². The van der Waals surface area contributed by atoms with Gasteiger partial charge in [-0.15, -0.1) is 0 Å². The number of nitrogens with one attached hydrogen (secondary N) is 1. The van der Waals surface area contributed by atoms with E-state index in [9.17, 15) is 4.79 Å². The van der Waals surface area contributed by atoms with Gasteiger partial charge in [0.25, 0.3) is 5.91 Å². The SMILES string of the molecule is COc1cc(NC(=O)c2cccc(-n3cc(N(c4ccc5ccccc5n4)c4ccc5ccccc5n4)cn3)c2)cc(OC)c1OC. The second-order valence-corrected chi connectivity index (χ2v) is 10.6. The zero-order valence-corrected chi connectivity index (χ0v) is 25.9. The average molecular weight is 623 g/mol. The van der Waals surface area contributed by atoms with Gasteiger partial charge in [-0.2, -0.15) is 5.10 Å². The quantitative estimate of drug-likeness (QED) is 0.175. The average Bonchev–Trinajstić information content (AvgIpc) is 3.61. The van der Waals surface area contributed by atoms with Crippen LogP contribution in [0.4, 0.5) is 23.0 Å². The summed E-state index contributed by atoms with van der Waals surface area (Å²) in [6.45, 7) is 0. The molecule has 0 aliphatic heterocycles. The molecule has 3 heterocycles. The molecule has 0 spiro atoms. The minimum atomic E-state index is -0.309. The highest BCUT2D eigenvalue weighted by Crippen LogP contribution is 2.40. The van der Waals surface area contributed by atoms with Crippen LogP contribution in [0.2, 0.25) is 0 Å². The van der Waals surface area contributed by atoms with Crippen molar-refractivity contribution in [1.29, 1.82) is 0 Å². The number of aromatic nitrogens is 4. The van der Waals surface area contributed by atoms with Crippen molar-refractivity contribution >= 4 is 50.7 Å². The Morgan fingerprint density at radius 1 is 0.702 bits per heavy atom. The zero-order valence-electron chi connectivity index (χ0n) is 25.9. The highest BCUT2D eigenvalue weighted by atomic mass is 16.5. The smallest absolute Gasteiger partial charge is 0.255 e. The maximum Gasteiger partial charge on any atom is 0.255 e. The number of anilines is 4.